The van der Waals surface area contributed by atoms with E-state index in [4.69, 9.17) is 9.84 Å². The van der Waals surface area contributed by atoms with Gasteiger partial charge in [-0.15, -0.1) is 0 Å². The Hall–Kier alpha value is -0.810. The van der Waals surface area contributed by atoms with Gasteiger partial charge in [-0.3, -0.25) is 4.90 Å². The highest BCUT2D eigenvalue weighted by Gasteiger charge is 2.30. The summed E-state index contributed by atoms with van der Waals surface area (Å²) in [5, 5.41) is 11.2. The van der Waals surface area contributed by atoms with Crippen LogP contribution in [0.5, 0.6) is 0 Å². The first-order valence-corrected chi connectivity index (χ1v) is 5.57. The lowest BCUT2D eigenvalue weighted by molar-refractivity contribution is 0.0176. The van der Waals surface area contributed by atoms with Gasteiger partial charge in [0.05, 0.1) is 13.2 Å². The van der Waals surface area contributed by atoms with Crippen molar-refractivity contribution in [3.63, 3.8) is 0 Å². The van der Waals surface area contributed by atoms with Gasteiger partial charge in [0, 0.05) is 25.2 Å². The molecule has 2 rings (SSSR count). The largest absolute Gasteiger partial charge is 0.465 e. The molecule has 1 amide bonds. The number of hydrogen-bond donors (Lipinski definition) is 2. The van der Waals surface area contributed by atoms with E-state index in [2.05, 4.69) is 10.2 Å². The minimum absolute atomic E-state index is 0.148. The van der Waals surface area contributed by atoms with E-state index in [1.807, 2.05) is 0 Å². The maximum Gasteiger partial charge on any atom is 0.404 e. The molecule has 2 N–H and O–H groups in total. The molecule has 0 bridgehead atoms. The first-order valence-electron chi connectivity index (χ1n) is 5.57. The lowest BCUT2D eigenvalue weighted by atomic mass is 10.2. The van der Waals surface area contributed by atoms with Crippen molar-refractivity contribution >= 4 is 6.09 Å². The van der Waals surface area contributed by atoms with Gasteiger partial charge >= 0.3 is 6.09 Å². The molecule has 0 aromatic heterocycles. The fourth-order valence-electron chi connectivity index (χ4n) is 2.54. The summed E-state index contributed by atoms with van der Waals surface area (Å²) in [6.07, 6.45) is 2.12. The Balaban J connectivity index is 1.78. The molecule has 1 saturated heterocycles. The minimum atomic E-state index is -0.900. The predicted octanol–water partition coefficient (Wildman–Crippen LogP) is 0.507. The van der Waals surface area contributed by atoms with Gasteiger partial charge in [0.15, 0.2) is 0 Å². The van der Waals surface area contributed by atoms with E-state index >= 15 is 0 Å². The van der Waals surface area contributed by atoms with Crippen molar-refractivity contribution in [3.05, 3.63) is 0 Å². The molecule has 15 heavy (non-hydrogen) atoms. The van der Waals surface area contributed by atoms with E-state index in [1.54, 1.807) is 0 Å². The van der Waals surface area contributed by atoms with E-state index < -0.39 is 6.09 Å². The Labute approximate surface area is 89.4 Å². The molecule has 0 aromatic rings. The summed E-state index contributed by atoms with van der Waals surface area (Å²) in [5.41, 5.74) is 0. The summed E-state index contributed by atoms with van der Waals surface area (Å²) < 4.78 is 5.30. The summed E-state index contributed by atoms with van der Waals surface area (Å²) in [5.74, 6) is 0. The van der Waals surface area contributed by atoms with Crippen LogP contribution in [0.15, 0.2) is 0 Å². The van der Waals surface area contributed by atoms with Crippen LogP contribution in [0.25, 0.3) is 0 Å². The Kier molecular flexibility index (Phi) is 3.43. The van der Waals surface area contributed by atoms with Crippen molar-refractivity contribution in [2.75, 3.05) is 26.3 Å². The zero-order valence-corrected chi connectivity index (χ0v) is 8.82. The van der Waals surface area contributed by atoms with Crippen molar-refractivity contribution in [2.45, 2.75) is 31.3 Å². The fourth-order valence-corrected chi connectivity index (χ4v) is 2.54. The fraction of sp³-hybridized carbons (Fsp3) is 0.900. The lowest BCUT2D eigenvalue weighted by Gasteiger charge is -2.32. The average molecular weight is 214 g/mol. The summed E-state index contributed by atoms with van der Waals surface area (Å²) in [7, 11) is 0. The Bertz CT molecular complexity index is 229. The zero-order chi connectivity index (χ0) is 10.7. The van der Waals surface area contributed by atoms with Gasteiger partial charge in [-0.05, 0) is 19.3 Å². The molecule has 0 aromatic carbocycles. The molecule has 5 nitrogen and oxygen atoms in total. The quantitative estimate of drug-likeness (QED) is 0.703. The van der Waals surface area contributed by atoms with Crippen molar-refractivity contribution in [2.24, 2.45) is 0 Å². The Morgan fingerprint density at radius 1 is 1.33 bits per heavy atom. The van der Waals surface area contributed by atoms with Crippen molar-refractivity contribution < 1.29 is 14.6 Å². The van der Waals surface area contributed by atoms with Crippen LogP contribution in [-0.2, 0) is 4.74 Å². The molecule has 2 fully saturated rings. The predicted molar refractivity (Wildman–Crippen MR) is 55.0 cm³/mol. The van der Waals surface area contributed by atoms with Gasteiger partial charge in [0.25, 0.3) is 0 Å². The highest BCUT2D eigenvalue weighted by Crippen LogP contribution is 2.24. The van der Waals surface area contributed by atoms with Crippen LogP contribution < -0.4 is 5.32 Å². The first kappa shape index (κ1) is 10.7. The number of carboxylic acid groups (broad SMARTS) is 1. The SMILES string of the molecule is O=C(O)NC1CCC(N2CCOCC2)C1. The molecular formula is C10H18N2O3. The summed E-state index contributed by atoms with van der Waals surface area (Å²) in [6.45, 7) is 3.61. The number of morpholine rings is 1. The molecule has 1 aliphatic carbocycles. The van der Waals surface area contributed by atoms with Crippen molar-refractivity contribution in [3.8, 4) is 0 Å². The number of ether oxygens (including phenoxy) is 1. The number of carbonyl (C=O) groups is 1. The molecule has 2 unspecified atom stereocenters. The molecule has 0 radical (unpaired) electrons. The van der Waals surface area contributed by atoms with Gasteiger partial charge < -0.3 is 15.2 Å². The summed E-state index contributed by atoms with van der Waals surface area (Å²) in [6, 6.07) is 0.695. The first-order chi connectivity index (χ1) is 7.25. The van der Waals surface area contributed by atoms with Crippen molar-refractivity contribution in [1.29, 1.82) is 0 Å². The third-order valence-corrected chi connectivity index (χ3v) is 3.29. The summed E-state index contributed by atoms with van der Waals surface area (Å²) >= 11 is 0. The number of rotatable bonds is 2. The van der Waals surface area contributed by atoms with Gasteiger partial charge in [-0.2, -0.15) is 0 Å². The molecule has 1 saturated carbocycles. The van der Waals surface area contributed by atoms with Crippen LogP contribution >= 0.6 is 0 Å². The molecule has 0 spiro atoms. The minimum Gasteiger partial charge on any atom is -0.465 e. The molecule has 86 valence electrons. The number of amides is 1. The second-order valence-corrected chi connectivity index (χ2v) is 4.26. The number of hydrogen-bond acceptors (Lipinski definition) is 3. The summed E-state index contributed by atoms with van der Waals surface area (Å²) in [4.78, 5) is 12.9. The highest BCUT2D eigenvalue weighted by molar-refractivity contribution is 5.64. The molecule has 2 aliphatic rings. The van der Waals surface area contributed by atoms with Gasteiger partial charge in [0.2, 0.25) is 0 Å². The molecule has 5 heteroatoms. The number of nitrogens with one attached hydrogen (secondary N) is 1. The van der Waals surface area contributed by atoms with E-state index in [0.717, 1.165) is 45.6 Å². The zero-order valence-electron chi connectivity index (χ0n) is 8.82. The molecule has 2 atom stereocenters. The van der Waals surface area contributed by atoms with Crippen LogP contribution in [0.4, 0.5) is 4.79 Å². The lowest BCUT2D eigenvalue weighted by Crippen LogP contribution is -2.43. The standard InChI is InChI=1S/C10H18N2O3/c13-10(14)11-8-1-2-9(7-8)12-3-5-15-6-4-12/h8-9,11H,1-7H2,(H,13,14). The van der Waals surface area contributed by atoms with E-state index in [1.165, 1.54) is 0 Å². The van der Waals surface area contributed by atoms with Crippen molar-refractivity contribution in [1.82, 2.24) is 10.2 Å². The normalized spacial score (nSPS) is 32.8. The third-order valence-electron chi connectivity index (χ3n) is 3.29. The van der Waals surface area contributed by atoms with Gasteiger partial charge in [-0.1, -0.05) is 0 Å². The monoisotopic (exact) mass is 214 g/mol. The van der Waals surface area contributed by atoms with Crippen LogP contribution in [0.3, 0.4) is 0 Å². The van der Waals surface area contributed by atoms with Crippen LogP contribution in [-0.4, -0.2) is 54.5 Å². The van der Waals surface area contributed by atoms with Crippen LogP contribution in [0.2, 0.25) is 0 Å². The molecule has 1 aliphatic heterocycles. The van der Waals surface area contributed by atoms with E-state index in [-0.39, 0.29) is 6.04 Å². The highest BCUT2D eigenvalue weighted by atomic mass is 16.5. The third kappa shape index (κ3) is 2.82. The van der Waals surface area contributed by atoms with E-state index in [9.17, 15) is 4.79 Å². The molecule has 1 heterocycles. The second-order valence-electron chi connectivity index (χ2n) is 4.26. The average Bonchev–Trinajstić information content (AvgIpc) is 2.67. The Morgan fingerprint density at radius 3 is 2.73 bits per heavy atom. The smallest absolute Gasteiger partial charge is 0.404 e. The van der Waals surface area contributed by atoms with Crippen LogP contribution in [0.1, 0.15) is 19.3 Å². The topological polar surface area (TPSA) is 61.8 Å². The second kappa shape index (κ2) is 4.81. The molecular weight excluding hydrogens is 196 g/mol. The number of nitrogens with zero attached hydrogens (tertiary/aromatic N) is 1. The Morgan fingerprint density at radius 2 is 2.07 bits per heavy atom. The maximum atomic E-state index is 10.5. The van der Waals surface area contributed by atoms with E-state index in [0.29, 0.717) is 6.04 Å². The maximum absolute atomic E-state index is 10.5. The van der Waals surface area contributed by atoms with Gasteiger partial charge in [0.1, 0.15) is 0 Å². The van der Waals surface area contributed by atoms with Gasteiger partial charge in [-0.25, -0.2) is 4.79 Å². The van der Waals surface area contributed by atoms with Crippen LogP contribution in [0, 0.1) is 0 Å².